The molecule has 0 nitrogen and oxygen atoms in total. The average Bonchev–Trinajstić information content (AvgIpc) is 2.16. The van der Waals surface area contributed by atoms with Crippen molar-refractivity contribution in [1.82, 2.24) is 0 Å². The first-order valence-corrected chi connectivity index (χ1v) is 4.97. The molecule has 13 heavy (non-hydrogen) atoms. The van der Waals surface area contributed by atoms with Crippen LogP contribution in [0.3, 0.4) is 0 Å². The fourth-order valence-corrected chi connectivity index (χ4v) is 1.69. The Morgan fingerprint density at radius 2 is 2.00 bits per heavy atom. The zero-order chi connectivity index (χ0) is 9.84. The lowest BCUT2D eigenvalue weighted by molar-refractivity contribution is 1.09. The first kappa shape index (κ1) is 10.0. The van der Waals surface area contributed by atoms with Crippen LogP contribution < -0.4 is 0 Å². The number of hydrogen-bond donors (Lipinski definition) is 0. The average molecular weight is 174 g/mol. The fourth-order valence-electron chi connectivity index (χ4n) is 1.69. The van der Waals surface area contributed by atoms with Crippen molar-refractivity contribution in [2.75, 3.05) is 0 Å². The van der Waals surface area contributed by atoms with Crippen molar-refractivity contribution in [2.24, 2.45) is 0 Å². The van der Waals surface area contributed by atoms with E-state index in [9.17, 15) is 0 Å². The molecular formula is C13H18. The molecular weight excluding hydrogens is 156 g/mol. The fraction of sp³-hybridized carbons (Fsp3) is 0.385. The summed E-state index contributed by atoms with van der Waals surface area (Å²) in [4.78, 5) is 0. The molecule has 0 heterocycles. The maximum absolute atomic E-state index is 4.09. The molecule has 1 aromatic carbocycles. The number of allylic oxidation sites excluding steroid dienone is 1. The minimum absolute atomic E-state index is 1.04. The van der Waals surface area contributed by atoms with Gasteiger partial charge in [0.1, 0.15) is 0 Å². The van der Waals surface area contributed by atoms with Crippen molar-refractivity contribution in [3.05, 3.63) is 41.5 Å². The van der Waals surface area contributed by atoms with Gasteiger partial charge in [-0.3, -0.25) is 0 Å². The number of hydrogen-bond acceptors (Lipinski definition) is 0. The molecule has 1 aromatic rings. The molecule has 0 amide bonds. The van der Waals surface area contributed by atoms with Gasteiger partial charge in [-0.2, -0.15) is 0 Å². The van der Waals surface area contributed by atoms with E-state index >= 15 is 0 Å². The van der Waals surface area contributed by atoms with Crippen molar-refractivity contribution < 1.29 is 0 Å². The van der Waals surface area contributed by atoms with Gasteiger partial charge in [-0.05, 0) is 42.0 Å². The maximum atomic E-state index is 4.09. The van der Waals surface area contributed by atoms with Crippen molar-refractivity contribution in [3.63, 3.8) is 0 Å². The van der Waals surface area contributed by atoms with Gasteiger partial charge in [-0.1, -0.05) is 38.6 Å². The second kappa shape index (κ2) is 4.27. The predicted octanol–water partition coefficient (Wildman–Crippen LogP) is 3.98. The summed E-state index contributed by atoms with van der Waals surface area (Å²) < 4.78 is 0. The first-order chi connectivity index (χ1) is 6.20. The summed E-state index contributed by atoms with van der Waals surface area (Å²) in [7, 11) is 0. The predicted molar refractivity (Wildman–Crippen MR) is 59.9 cm³/mol. The molecule has 0 unspecified atom stereocenters. The highest BCUT2D eigenvalue weighted by molar-refractivity contribution is 5.67. The van der Waals surface area contributed by atoms with Gasteiger partial charge in [0.25, 0.3) is 0 Å². The Morgan fingerprint density at radius 1 is 1.31 bits per heavy atom. The van der Waals surface area contributed by atoms with E-state index in [1.165, 1.54) is 22.3 Å². The highest BCUT2D eigenvalue weighted by Crippen LogP contribution is 2.23. The lowest BCUT2D eigenvalue weighted by atomic mass is 9.94. The molecule has 0 saturated heterocycles. The van der Waals surface area contributed by atoms with E-state index in [4.69, 9.17) is 0 Å². The van der Waals surface area contributed by atoms with Crippen LogP contribution in [-0.4, -0.2) is 0 Å². The van der Waals surface area contributed by atoms with Crippen molar-refractivity contribution in [1.29, 1.82) is 0 Å². The Kier molecular flexibility index (Phi) is 3.30. The quantitative estimate of drug-likeness (QED) is 0.650. The van der Waals surface area contributed by atoms with Crippen LogP contribution in [0.5, 0.6) is 0 Å². The van der Waals surface area contributed by atoms with Crippen LogP contribution in [0.25, 0.3) is 5.57 Å². The molecule has 1 rings (SSSR count). The second-order valence-corrected chi connectivity index (χ2v) is 3.41. The smallest absolute Gasteiger partial charge is 0.0196 e. The molecule has 0 fully saturated rings. The van der Waals surface area contributed by atoms with Gasteiger partial charge < -0.3 is 0 Å². The molecule has 0 aliphatic rings. The highest BCUT2D eigenvalue weighted by atomic mass is 14.1. The Labute approximate surface area is 81.3 Å². The van der Waals surface area contributed by atoms with Crippen LogP contribution in [0.15, 0.2) is 24.8 Å². The molecule has 0 heteroatoms. The largest absolute Gasteiger partial charge is 0.0952 e. The molecule has 0 aromatic heterocycles. The second-order valence-electron chi connectivity index (χ2n) is 3.41. The Morgan fingerprint density at radius 3 is 2.54 bits per heavy atom. The van der Waals surface area contributed by atoms with Gasteiger partial charge in [0.05, 0.1) is 0 Å². The topological polar surface area (TPSA) is 0 Å². The van der Waals surface area contributed by atoms with E-state index in [-0.39, 0.29) is 0 Å². The SMILES string of the molecule is C=C(CC)c1cccc(C)c1CC. The minimum Gasteiger partial charge on any atom is -0.0952 e. The molecule has 0 aliphatic carbocycles. The molecule has 70 valence electrons. The van der Waals surface area contributed by atoms with Crippen LogP contribution >= 0.6 is 0 Å². The number of benzene rings is 1. The minimum atomic E-state index is 1.04. The van der Waals surface area contributed by atoms with Gasteiger partial charge in [0.15, 0.2) is 0 Å². The standard InChI is InChI=1S/C13H18/c1-5-10(3)13-9-7-8-11(4)12(13)6-2/h7-9H,3,5-6H2,1-2,4H3. The van der Waals surface area contributed by atoms with E-state index in [1.54, 1.807) is 0 Å². The summed E-state index contributed by atoms with van der Waals surface area (Å²) in [6.45, 7) is 10.6. The summed E-state index contributed by atoms with van der Waals surface area (Å²) in [5, 5.41) is 0. The monoisotopic (exact) mass is 174 g/mol. The third-order valence-corrected chi connectivity index (χ3v) is 2.57. The van der Waals surface area contributed by atoms with Crippen LogP contribution in [0, 0.1) is 6.92 Å². The lowest BCUT2D eigenvalue weighted by Gasteiger charge is -2.11. The zero-order valence-electron chi connectivity index (χ0n) is 8.85. The first-order valence-electron chi connectivity index (χ1n) is 4.97. The van der Waals surface area contributed by atoms with E-state index < -0.39 is 0 Å². The van der Waals surface area contributed by atoms with E-state index in [1.807, 2.05) is 0 Å². The molecule has 0 bridgehead atoms. The maximum Gasteiger partial charge on any atom is -0.0196 e. The summed E-state index contributed by atoms with van der Waals surface area (Å²) in [5.41, 5.74) is 5.44. The van der Waals surface area contributed by atoms with Crippen molar-refractivity contribution >= 4 is 5.57 Å². The Hall–Kier alpha value is -1.04. The summed E-state index contributed by atoms with van der Waals surface area (Å²) in [6.07, 6.45) is 2.14. The van der Waals surface area contributed by atoms with E-state index in [0.717, 1.165) is 12.8 Å². The van der Waals surface area contributed by atoms with Gasteiger partial charge in [0, 0.05) is 0 Å². The lowest BCUT2D eigenvalue weighted by Crippen LogP contribution is -1.94. The van der Waals surface area contributed by atoms with Crippen LogP contribution in [0.4, 0.5) is 0 Å². The van der Waals surface area contributed by atoms with Crippen molar-refractivity contribution in [3.8, 4) is 0 Å². The van der Waals surface area contributed by atoms with Gasteiger partial charge in [-0.25, -0.2) is 0 Å². The third kappa shape index (κ3) is 2.00. The summed E-state index contributed by atoms with van der Waals surface area (Å²) in [6, 6.07) is 6.47. The Bertz CT molecular complexity index is 308. The number of rotatable bonds is 3. The van der Waals surface area contributed by atoms with Crippen LogP contribution in [-0.2, 0) is 6.42 Å². The molecule has 0 atom stereocenters. The number of aryl methyl sites for hydroxylation is 1. The summed E-state index contributed by atoms with van der Waals surface area (Å²) >= 11 is 0. The van der Waals surface area contributed by atoms with Crippen LogP contribution in [0.2, 0.25) is 0 Å². The molecule has 0 N–H and O–H groups in total. The normalized spacial score (nSPS) is 10.1. The van der Waals surface area contributed by atoms with Crippen LogP contribution in [0.1, 0.15) is 37.0 Å². The molecule has 0 aliphatic heterocycles. The van der Waals surface area contributed by atoms with Crippen molar-refractivity contribution in [2.45, 2.75) is 33.6 Å². The Balaban J connectivity index is 3.20. The molecule has 0 radical (unpaired) electrons. The summed E-state index contributed by atoms with van der Waals surface area (Å²) in [5.74, 6) is 0. The highest BCUT2D eigenvalue weighted by Gasteiger charge is 2.04. The van der Waals surface area contributed by atoms with E-state index in [2.05, 4.69) is 45.5 Å². The zero-order valence-corrected chi connectivity index (χ0v) is 8.85. The van der Waals surface area contributed by atoms with E-state index in [0.29, 0.717) is 0 Å². The third-order valence-electron chi connectivity index (χ3n) is 2.57. The molecule has 0 saturated carbocycles. The molecule has 0 spiro atoms. The van der Waals surface area contributed by atoms with Gasteiger partial charge in [0.2, 0.25) is 0 Å². The van der Waals surface area contributed by atoms with Gasteiger partial charge >= 0.3 is 0 Å². The van der Waals surface area contributed by atoms with Gasteiger partial charge in [-0.15, -0.1) is 0 Å².